The molecule has 0 saturated carbocycles. The third-order valence-corrected chi connectivity index (χ3v) is 3.64. The minimum atomic E-state index is -0.564. The number of nitrogens with two attached hydrogens (primary N) is 2. The lowest BCUT2D eigenvalue weighted by Crippen LogP contribution is -2.16. The molecule has 0 aliphatic heterocycles. The molecule has 1 amide bonds. The van der Waals surface area contributed by atoms with Crippen molar-refractivity contribution < 1.29 is 4.79 Å². The number of nitrogens with zero attached hydrogens (tertiary/aromatic N) is 1. The van der Waals surface area contributed by atoms with E-state index in [1.165, 1.54) is 6.07 Å². The Bertz CT molecular complexity index is 586. The van der Waals surface area contributed by atoms with Gasteiger partial charge < -0.3 is 16.8 Å². The van der Waals surface area contributed by atoms with E-state index in [0.717, 1.165) is 11.4 Å². The number of halogens is 1. The Morgan fingerprint density at radius 1 is 1.47 bits per heavy atom. The highest BCUT2D eigenvalue weighted by Crippen LogP contribution is 2.29. The van der Waals surface area contributed by atoms with Crippen LogP contribution in [0.5, 0.6) is 0 Å². The molecule has 1 heterocycles. The van der Waals surface area contributed by atoms with Crippen molar-refractivity contribution in [1.29, 1.82) is 0 Å². The number of amides is 1. The maximum atomic E-state index is 11.4. The van der Waals surface area contributed by atoms with Gasteiger partial charge in [0.25, 0.3) is 5.91 Å². The van der Waals surface area contributed by atoms with E-state index in [0.29, 0.717) is 28.5 Å². The lowest BCUT2D eigenvalue weighted by Gasteiger charge is -2.12. The van der Waals surface area contributed by atoms with E-state index in [9.17, 15) is 4.79 Å². The predicted octanol–water partition coefficient (Wildman–Crippen LogP) is 2.13. The van der Waals surface area contributed by atoms with Crippen molar-refractivity contribution in [1.82, 2.24) is 4.98 Å². The summed E-state index contributed by atoms with van der Waals surface area (Å²) in [6.07, 6.45) is 2.50. The molecule has 0 bridgehead atoms. The van der Waals surface area contributed by atoms with Crippen LogP contribution in [-0.2, 0) is 6.42 Å². The van der Waals surface area contributed by atoms with Crippen LogP contribution in [0.15, 0.2) is 23.7 Å². The number of anilines is 2. The molecule has 1 aromatic heterocycles. The highest BCUT2D eigenvalue weighted by Gasteiger charge is 2.13. The number of aromatic nitrogens is 1. The van der Waals surface area contributed by atoms with Crippen LogP contribution in [-0.4, -0.2) is 17.4 Å². The summed E-state index contributed by atoms with van der Waals surface area (Å²) >= 11 is 7.66. The van der Waals surface area contributed by atoms with Gasteiger partial charge in [0, 0.05) is 30.2 Å². The Morgan fingerprint density at radius 2 is 2.26 bits per heavy atom. The zero-order chi connectivity index (χ0) is 13.8. The number of rotatable bonds is 5. The van der Waals surface area contributed by atoms with Gasteiger partial charge in [-0.2, -0.15) is 0 Å². The topological polar surface area (TPSA) is 94.0 Å². The molecule has 2 aromatic rings. The molecule has 0 atom stereocenters. The SMILES string of the molecule is NC(=O)c1cc(N)cc(Cl)c1NCCc1nccs1. The van der Waals surface area contributed by atoms with E-state index in [2.05, 4.69) is 10.3 Å². The van der Waals surface area contributed by atoms with Gasteiger partial charge in [-0.3, -0.25) is 4.79 Å². The van der Waals surface area contributed by atoms with E-state index in [1.54, 1.807) is 23.6 Å². The van der Waals surface area contributed by atoms with E-state index >= 15 is 0 Å². The van der Waals surface area contributed by atoms with E-state index in [-0.39, 0.29) is 0 Å². The molecule has 0 aliphatic carbocycles. The van der Waals surface area contributed by atoms with Gasteiger partial charge in [-0.15, -0.1) is 11.3 Å². The van der Waals surface area contributed by atoms with E-state index < -0.39 is 5.91 Å². The molecule has 7 heteroatoms. The summed E-state index contributed by atoms with van der Waals surface area (Å²) in [4.78, 5) is 15.6. The fourth-order valence-electron chi connectivity index (χ4n) is 1.67. The van der Waals surface area contributed by atoms with Gasteiger partial charge in [0.2, 0.25) is 0 Å². The smallest absolute Gasteiger partial charge is 0.250 e. The molecule has 5 nitrogen and oxygen atoms in total. The number of carbonyl (C=O) groups excluding carboxylic acids is 1. The molecule has 19 heavy (non-hydrogen) atoms. The van der Waals surface area contributed by atoms with Crippen molar-refractivity contribution in [3.8, 4) is 0 Å². The first-order chi connectivity index (χ1) is 9.08. The van der Waals surface area contributed by atoms with Crippen molar-refractivity contribution in [3.05, 3.63) is 39.3 Å². The van der Waals surface area contributed by atoms with Gasteiger partial charge in [-0.05, 0) is 12.1 Å². The lowest BCUT2D eigenvalue weighted by atomic mass is 10.1. The second kappa shape index (κ2) is 5.90. The molecule has 0 saturated heterocycles. The van der Waals surface area contributed by atoms with Crippen molar-refractivity contribution in [3.63, 3.8) is 0 Å². The van der Waals surface area contributed by atoms with Crippen LogP contribution in [0.3, 0.4) is 0 Å². The zero-order valence-electron chi connectivity index (χ0n) is 10.0. The minimum Gasteiger partial charge on any atom is -0.399 e. The third-order valence-electron chi connectivity index (χ3n) is 2.50. The highest BCUT2D eigenvalue weighted by molar-refractivity contribution is 7.09. The molecular formula is C12H13ClN4OS. The highest BCUT2D eigenvalue weighted by atomic mass is 35.5. The van der Waals surface area contributed by atoms with Crippen molar-refractivity contribution >= 4 is 40.2 Å². The molecular weight excluding hydrogens is 284 g/mol. The van der Waals surface area contributed by atoms with Gasteiger partial charge in [0.05, 0.1) is 21.3 Å². The number of hydrogen-bond acceptors (Lipinski definition) is 5. The van der Waals surface area contributed by atoms with E-state index in [4.69, 9.17) is 23.1 Å². The standard InChI is InChI=1S/C12H13ClN4OS/c13-9-6-7(14)5-8(12(15)18)11(9)17-2-1-10-16-3-4-19-10/h3-6,17H,1-2,14H2,(H2,15,18). The molecule has 0 fully saturated rings. The molecule has 1 aromatic carbocycles. The predicted molar refractivity (Wildman–Crippen MR) is 78.7 cm³/mol. The van der Waals surface area contributed by atoms with Gasteiger partial charge in [0.1, 0.15) is 0 Å². The van der Waals surface area contributed by atoms with E-state index in [1.807, 2.05) is 5.38 Å². The number of benzene rings is 1. The fourth-order valence-corrected chi connectivity index (χ4v) is 2.59. The molecule has 5 N–H and O–H groups in total. The van der Waals surface area contributed by atoms with Gasteiger partial charge in [-0.25, -0.2) is 4.98 Å². The second-order valence-corrected chi connectivity index (χ2v) is 5.28. The summed E-state index contributed by atoms with van der Waals surface area (Å²) in [6.45, 7) is 0.609. The Hall–Kier alpha value is -1.79. The number of primary amides is 1. The Kier molecular flexibility index (Phi) is 4.24. The Labute approximate surface area is 119 Å². The average Bonchev–Trinajstić information content (AvgIpc) is 2.84. The Balaban J connectivity index is 2.12. The van der Waals surface area contributed by atoms with Crippen LogP contribution in [0.2, 0.25) is 5.02 Å². The summed E-state index contributed by atoms with van der Waals surface area (Å²) < 4.78 is 0. The first-order valence-electron chi connectivity index (χ1n) is 5.59. The molecule has 100 valence electrons. The summed E-state index contributed by atoms with van der Waals surface area (Å²) in [5.41, 5.74) is 12.2. The second-order valence-electron chi connectivity index (χ2n) is 3.89. The van der Waals surface area contributed by atoms with Crippen LogP contribution in [0.25, 0.3) is 0 Å². The molecule has 2 rings (SSSR count). The largest absolute Gasteiger partial charge is 0.399 e. The van der Waals surface area contributed by atoms with Gasteiger partial charge >= 0.3 is 0 Å². The number of hydrogen-bond donors (Lipinski definition) is 3. The van der Waals surface area contributed by atoms with Crippen LogP contribution >= 0.6 is 22.9 Å². The molecule has 0 radical (unpaired) electrons. The fraction of sp³-hybridized carbons (Fsp3) is 0.167. The number of carbonyl (C=O) groups is 1. The van der Waals surface area contributed by atoms with Crippen LogP contribution in [0, 0.1) is 0 Å². The first kappa shape index (κ1) is 13.6. The van der Waals surface area contributed by atoms with Crippen molar-refractivity contribution in [2.45, 2.75) is 6.42 Å². The monoisotopic (exact) mass is 296 g/mol. The third kappa shape index (κ3) is 3.36. The minimum absolute atomic E-state index is 0.295. The Morgan fingerprint density at radius 3 is 2.89 bits per heavy atom. The van der Waals surface area contributed by atoms with Crippen molar-refractivity contribution in [2.75, 3.05) is 17.6 Å². The average molecular weight is 297 g/mol. The number of nitrogen functional groups attached to an aromatic ring is 1. The molecule has 0 spiro atoms. The quantitative estimate of drug-likeness (QED) is 0.737. The molecule has 0 unspecified atom stereocenters. The summed E-state index contributed by atoms with van der Waals surface area (Å²) in [6, 6.07) is 3.10. The number of thiazole rings is 1. The number of nitrogens with one attached hydrogen (secondary N) is 1. The van der Waals surface area contributed by atoms with Gasteiger partial charge in [-0.1, -0.05) is 11.6 Å². The van der Waals surface area contributed by atoms with Crippen LogP contribution in [0.4, 0.5) is 11.4 Å². The zero-order valence-corrected chi connectivity index (χ0v) is 11.6. The van der Waals surface area contributed by atoms with Gasteiger partial charge in [0.15, 0.2) is 0 Å². The maximum absolute atomic E-state index is 11.4. The normalized spacial score (nSPS) is 10.4. The summed E-state index contributed by atoms with van der Waals surface area (Å²) in [5.74, 6) is -0.564. The van der Waals surface area contributed by atoms with Crippen LogP contribution in [0.1, 0.15) is 15.4 Å². The van der Waals surface area contributed by atoms with Crippen LogP contribution < -0.4 is 16.8 Å². The maximum Gasteiger partial charge on any atom is 0.250 e. The summed E-state index contributed by atoms with van der Waals surface area (Å²) in [7, 11) is 0. The van der Waals surface area contributed by atoms with Crippen molar-refractivity contribution in [2.24, 2.45) is 5.73 Å². The first-order valence-corrected chi connectivity index (χ1v) is 6.84. The molecule has 0 aliphatic rings. The lowest BCUT2D eigenvalue weighted by molar-refractivity contribution is 0.100. The summed E-state index contributed by atoms with van der Waals surface area (Å²) in [5, 5.41) is 6.42.